The van der Waals surface area contributed by atoms with Gasteiger partial charge in [-0.3, -0.25) is 0 Å². The Morgan fingerprint density at radius 2 is 1.88 bits per heavy atom. The fourth-order valence-electron chi connectivity index (χ4n) is 1.69. The van der Waals surface area contributed by atoms with Gasteiger partial charge in [0.05, 0.1) is 0 Å². The molecule has 0 radical (unpaired) electrons. The number of nitrogen functional groups attached to an aromatic ring is 1. The number of nitrogens with one attached hydrogen (secondary N) is 1. The average Bonchev–Trinajstić information content (AvgIpc) is 2.33. The lowest BCUT2D eigenvalue weighted by molar-refractivity contribution is 0.779. The van der Waals surface area contributed by atoms with Gasteiger partial charge in [0.15, 0.2) is 0 Å². The van der Waals surface area contributed by atoms with E-state index in [1.807, 2.05) is 24.3 Å². The number of aromatic nitrogens is 2. The zero-order valence-electron chi connectivity index (χ0n) is 9.80. The van der Waals surface area contributed by atoms with Crippen LogP contribution in [0, 0.1) is 0 Å². The van der Waals surface area contributed by atoms with Gasteiger partial charge in [-0.05, 0) is 31.0 Å². The largest absolute Gasteiger partial charge is 0.382 e. The summed E-state index contributed by atoms with van der Waals surface area (Å²) in [5.74, 6) is 1.19. The maximum absolute atomic E-state index is 5.48. The van der Waals surface area contributed by atoms with Crippen LogP contribution in [0.15, 0.2) is 42.5 Å². The topological polar surface area (TPSA) is 63.8 Å². The summed E-state index contributed by atoms with van der Waals surface area (Å²) in [7, 11) is 0. The van der Waals surface area contributed by atoms with Gasteiger partial charge in [-0.15, -0.1) is 10.2 Å². The molecule has 1 heterocycles. The summed E-state index contributed by atoms with van der Waals surface area (Å²) in [6.45, 7) is 2.12. The highest BCUT2D eigenvalue weighted by molar-refractivity contribution is 5.39. The second kappa shape index (κ2) is 5.30. The van der Waals surface area contributed by atoms with E-state index in [-0.39, 0.29) is 0 Å². The first kappa shape index (κ1) is 11.4. The van der Waals surface area contributed by atoms with Crippen molar-refractivity contribution in [1.82, 2.24) is 10.2 Å². The van der Waals surface area contributed by atoms with Crippen LogP contribution in [0.2, 0.25) is 0 Å². The van der Waals surface area contributed by atoms with Gasteiger partial charge in [0.25, 0.3) is 0 Å². The van der Waals surface area contributed by atoms with Crippen LogP contribution < -0.4 is 11.1 Å². The lowest BCUT2D eigenvalue weighted by Crippen LogP contribution is -2.19. The van der Waals surface area contributed by atoms with Gasteiger partial charge in [-0.25, -0.2) is 0 Å². The Kier molecular flexibility index (Phi) is 3.55. The highest BCUT2D eigenvalue weighted by atomic mass is 15.2. The predicted molar refractivity (Wildman–Crippen MR) is 69.7 cm³/mol. The molecule has 3 N–H and O–H groups in total. The molecule has 0 bridgehead atoms. The minimum atomic E-state index is 0.301. The molecule has 4 nitrogen and oxygen atoms in total. The van der Waals surface area contributed by atoms with Crippen LogP contribution in [0.25, 0.3) is 0 Å². The standard InChI is InChI=1S/C13H16N4/c1-10(9-11-5-3-2-4-6-11)15-13-8-7-12(14)16-17-13/h2-8,10H,9H2,1H3,(H2,14,16)(H,15,17). The van der Waals surface area contributed by atoms with Crippen LogP contribution in [-0.4, -0.2) is 16.2 Å². The van der Waals surface area contributed by atoms with Crippen molar-refractivity contribution in [2.24, 2.45) is 0 Å². The van der Waals surface area contributed by atoms with E-state index in [2.05, 4.69) is 34.6 Å². The molecule has 4 heteroatoms. The summed E-state index contributed by atoms with van der Waals surface area (Å²) < 4.78 is 0. The Balaban J connectivity index is 1.93. The van der Waals surface area contributed by atoms with Crippen LogP contribution in [0.3, 0.4) is 0 Å². The number of nitrogens with two attached hydrogens (primary N) is 1. The first-order valence-electron chi connectivity index (χ1n) is 5.64. The van der Waals surface area contributed by atoms with E-state index >= 15 is 0 Å². The van der Waals surface area contributed by atoms with Crippen molar-refractivity contribution in [3.8, 4) is 0 Å². The van der Waals surface area contributed by atoms with E-state index < -0.39 is 0 Å². The monoisotopic (exact) mass is 228 g/mol. The van der Waals surface area contributed by atoms with Gasteiger partial charge in [-0.2, -0.15) is 0 Å². The number of anilines is 2. The molecule has 0 aliphatic heterocycles. The molecule has 0 saturated carbocycles. The maximum atomic E-state index is 5.48. The van der Waals surface area contributed by atoms with Crippen LogP contribution >= 0.6 is 0 Å². The second-order valence-corrected chi connectivity index (χ2v) is 4.08. The summed E-state index contributed by atoms with van der Waals surface area (Å²) in [6.07, 6.45) is 0.951. The first-order valence-corrected chi connectivity index (χ1v) is 5.64. The number of nitrogens with zero attached hydrogens (tertiary/aromatic N) is 2. The molecule has 1 unspecified atom stereocenters. The van der Waals surface area contributed by atoms with Crippen LogP contribution in [0.1, 0.15) is 12.5 Å². The van der Waals surface area contributed by atoms with Crippen molar-refractivity contribution in [3.63, 3.8) is 0 Å². The van der Waals surface area contributed by atoms with E-state index in [9.17, 15) is 0 Å². The average molecular weight is 228 g/mol. The third kappa shape index (κ3) is 3.45. The van der Waals surface area contributed by atoms with Crippen molar-refractivity contribution in [2.75, 3.05) is 11.1 Å². The van der Waals surface area contributed by atoms with Crippen molar-refractivity contribution in [2.45, 2.75) is 19.4 Å². The second-order valence-electron chi connectivity index (χ2n) is 4.08. The molecule has 0 amide bonds. The van der Waals surface area contributed by atoms with Gasteiger partial charge in [0, 0.05) is 6.04 Å². The molecule has 0 spiro atoms. The van der Waals surface area contributed by atoms with E-state index in [1.54, 1.807) is 6.07 Å². The molecule has 1 atom stereocenters. The van der Waals surface area contributed by atoms with Crippen molar-refractivity contribution < 1.29 is 0 Å². The fraction of sp³-hybridized carbons (Fsp3) is 0.231. The summed E-state index contributed by atoms with van der Waals surface area (Å²) in [5, 5.41) is 11.1. The third-order valence-electron chi connectivity index (χ3n) is 2.46. The Bertz CT molecular complexity index is 453. The van der Waals surface area contributed by atoms with E-state index in [0.717, 1.165) is 12.2 Å². The summed E-state index contributed by atoms with van der Waals surface area (Å²) >= 11 is 0. The predicted octanol–water partition coefficient (Wildman–Crippen LogP) is 2.10. The van der Waals surface area contributed by atoms with Crippen molar-refractivity contribution in [1.29, 1.82) is 0 Å². The summed E-state index contributed by atoms with van der Waals surface area (Å²) in [4.78, 5) is 0. The SMILES string of the molecule is CC(Cc1ccccc1)Nc1ccc(N)nn1. The fourth-order valence-corrected chi connectivity index (χ4v) is 1.69. The minimum absolute atomic E-state index is 0.301. The zero-order chi connectivity index (χ0) is 12.1. The Labute approximate surface area is 101 Å². The smallest absolute Gasteiger partial charge is 0.149 e. The van der Waals surface area contributed by atoms with Gasteiger partial charge >= 0.3 is 0 Å². The molecule has 17 heavy (non-hydrogen) atoms. The molecule has 0 aliphatic rings. The first-order chi connectivity index (χ1) is 8.24. The van der Waals surface area contributed by atoms with Gasteiger partial charge in [-0.1, -0.05) is 30.3 Å². The Hall–Kier alpha value is -2.10. The van der Waals surface area contributed by atoms with Gasteiger partial charge < -0.3 is 11.1 Å². The minimum Gasteiger partial charge on any atom is -0.382 e. The molecule has 2 rings (SSSR count). The number of hydrogen-bond donors (Lipinski definition) is 2. The molecule has 0 aliphatic carbocycles. The number of rotatable bonds is 4. The maximum Gasteiger partial charge on any atom is 0.149 e. The molecule has 0 fully saturated rings. The van der Waals surface area contributed by atoms with Gasteiger partial charge in [0.2, 0.25) is 0 Å². The number of benzene rings is 1. The molecule has 1 aromatic carbocycles. The lowest BCUT2D eigenvalue weighted by atomic mass is 10.1. The summed E-state index contributed by atoms with van der Waals surface area (Å²) in [6, 6.07) is 14.2. The highest BCUT2D eigenvalue weighted by Gasteiger charge is 2.04. The molecule has 88 valence electrons. The normalized spacial score (nSPS) is 12.1. The van der Waals surface area contributed by atoms with Gasteiger partial charge in [0.1, 0.15) is 11.6 Å². The molecule has 2 aromatic rings. The summed E-state index contributed by atoms with van der Waals surface area (Å²) in [5.41, 5.74) is 6.78. The van der Waals surface area contributed by atoms with Crippen LogP contribution in [0.5, 0.6) is 0 Å². The molecular weight excluding hydrogens is 212 g/mol. The Morgan fingerprint density at radius 1 is 1.12 bits per heavy atom. The van der Waals surface area contributed by atoms with Crippen LogP contribution in [0.4, 0.5) is 11.6 Å². The van der Waals surface area contributed by atoms with E-state index in [1.165, 1.54) is 5.56 Å². The van der Waals surface area contributed by atoms with E-state index in [0.29, 0.717) is 11.9 Å². The quantitative estimate of drug-likeness (QED) is 0.841. The van der Waals surface area contributed by atoms with Crippen LogP contribution in [-0.2, 0) is 6.42 Å². The van der Waals surface area contributed by atoms with Crippen molar-refractivity contribution in [3.05, 3.63) is 48.0 Å². The lowest BCUT2D eigenvalue weighted by Gasteiger charge is -2.13. The Morgan fingerprint density at radius 3 is 2.53 bits per heavy atom. The molecular formula is C13H16N4. The molecule has 1 aromatic heterocycles. The highest BCUT2D eigenvalue weighted by Crippen LogP contribution is 2.08. The number of hydrogen-bond acceptors (Lipinski definition) is 4. The van der Waals surface area contributed by atoms with E-state index in [4.69, 9.17) is 5.73 Å². The van der Waals surface area contributed by atoms with Crippen molar-refractivity contribution >= 4 is 11.6 Å². The zero-order valence-corrected chi connectivity index (χ0v) is 9.80. The molecule has 0 saturated heterocycles. The third-order valence-corrected chi connectivity index (χ3v) is 2.46.